The van der Waals surface area contributed by atoms with Gasteiger partial charge in [-0.05, 0) is 30.5 Å². The van der Waals surface area contributed by atoms with Crippen LogP contribution < -0.4 is 0 Å². The van der Waals surface area contributed by atoms with E-state index < -0.39 is 5.60 Å². The number of aliphatic hydroxyl groups is 1. The molecule has 0 radical (unpaired) electrons. The van der Waals surface area contributed by atoms with Gasteiger partial charge < -0.3 is 9.52 Å². The van der Waals surface area contributed by atoms with E-state index >= 15 is 0 Å². The van der Waals surface area contributed by atoms with E-state index in [0.29, 0.717) is 0 Å². The molecule has 0 amide bonds. The van der Waals surface area contributed by atoms with Crippen molar-refractivity contribution in [2.24, 2.45) is 0 Å². The molecule has 0 saturated heterocycles. The van der Waals surface area contributed by atoms with E-state index in [1.54, 1.807) is 25.5 Å². The molecule has 2 nitrogen and oxygen atoms in total. The van der Waals surface area contributed by atoms with Crippen molar-refractivity contribution in [2.45, 2.75) is 25.9 Å². The predicted octanol–water partition coefficient (Wildman–Crippen LogP) is 3.10. The van der Waals surface area contributed by atoms with Crippen molar-refractivity contribution < 1.29 is 9.52 Å². The van der Waals surface area contributed by atoms with Crippen LogP contribution in [0.25, 0.3) is 0 Å². The zero-order valence-electron chi connectivity index (χ0n) is 9.60. The third-order valence-electron chi connectivity index (χ3n) is 3.01. The van der Waals surface area contributed by atoms with E-state index in [2.05, 4.69) is 6.92 Å². The van der Waals surface area contributed by atoms with E-state index in [0.717, 1.165) is 17.5 Å². The number of rotatable bonds is 3. The minimum Gasteiger partial charge on any atom is -0.472 e. The summed E-state index contributed by atoms with van der Waals surface area (Å²) >= 11 is 0. The molecule has 0 fully saturated rings. The van der Waals surface area contributed by atoms with E-state index in [-0.39, 0.29) is 0 Å². The van der Waals surface area contributed by atoms with Crippen molar-refractivity contribution in [3.63, 3.8) is 0 Å². The Kier molecular flexibility index (Phi) is 2.84. The van der Waals surface area contributed by atoms with Crippen LogP contribution in [0.15, 0.2) is 47.3 Å². The van der Waals surface area contributed by atoms with Crippen LogP contribution in [0.1, 0.15) is 30.5 Å². The summed E-state index contributed by atoms with van der Waals surface area (Å²) in [5.74, 6) is 0. The zero-order valence-corrected chi connectivity index (χ0v) is 9.60. The second-order valence-electron chi connectivity index (χ2n) is 4.13. The monoisotopic (exact) mass is 216 g/mol. The van der Waals surface area contributed by atoms with Gasteiger partial charge >= 0.3 is 0 Å². The smallest absolute Gasteiger partial charge is 0.115 e. The summed E-state index contributed by atoms with van der Waals surface area (Å²) in [5, 5.41) is 10.4. The molecule has 1 unspecified atom stereocenters. The van der Waals surface area contributed by atoms with Gasteiger partial charge in [-0.2, -0.15) is 0 Å². The summed E-state index contributed by atoms with van der Waals surface area (Å²) in [6.07, 6.45) is 4.16. The molecule has 0 aliphatic heterocycles. The molecule has 0 spiro atoms. The van der Waals surface area contributed by atoms with Gasteiger partial charge in [0.25, 0.3) is 0 Å². The molecule has 2 aromatic rings. The van der Waals surface area contributed by atoms with Crippen molar-refractivity contribution >= 4 is 0 Å². The molecular weight excluding hydrogens is 200 g/mol. The van der Waals surface area contributed by atoms with Crippen molar-refractivity contribution in [3.05, 3.63) is 59.5 Å². The summed E-state index contributed by atoms with van der Waals surface area (Å²) in [5.41, 5.74) is 1.94. The summed E-state index contributed by atoms with van der Waals surface area (Å²) in [4.78, 5) is 0. The predicted molar refractivity (Wildman–Crippen MR) is 63.2 cm³/mol. The van der Waals surface area contributed by atoms with Crippen LogP contribution in [0, 0.1) is 0 Å². The van der Waals surface area contributed by atoms with E-state index in [1.165, 1.54) is 5.56 Å². The topological polar surface area (TPSA) is 33.4 Å². The first kappa shape index (κ1) is 11.0. The SMILES string of the molecule is CCc1ccc(C(C)(O)c2ccoc2)cc1. The fourth-order valence-corrected chi connectivity index (χ4v) is 1.77. The lowest BCUT2D eigenvalue weighted by Crippen LogP contribution is -2.21. The van der Waals surface area contributed by atoms with Crippen molar-refractivity contribution in [3.8, 4) is 0 Å². The molecule has 1 heterocycles. The summed E-state index contributed by atoms with van der Waals surface area (Å²) in [6, 6.07) is 9.80. The van der Waals surface area contributed by atoms with Gasteiger partial charge in [-0.15, -0.1) is 0 Å². The Bertz CT molecular complexity index is 438. The Balaban J connectivity index is 2.35. The van der Waals surface area contributed by atoms with Crippen LogP contribution in [0.2, 0.25) is 0 Å². The molecule has 1 aromatic heterocycles. The molecular formula is C14H16O2. The van der Waals surface area contributed by atoms with Crippen LogP contribution in [0.3, 0.4) is 0 Å². The molecule has 84 valence electrons. The normalized spacial score (nSPS) is 14.7. The number of hydrogen-bond donors (Lipinski definition) is 1. The average molecular weight is 216 g/mol. The minimum absolute atomic E-state index is 0.775. The van der Waals surface area contributed by atoms with Crippen LogP contribution in [0.4, 0.5) is 0 Å². The zero-order chi connectivity index (χ0) is 11.6. The lowest BCUT2D eigenvalue weighted by atomic mass is 9.89. The molecule has 0 aliphatic carbocycles. The van der Waals surface area contributed by atoms with Crippen LogP contribution in [-0.2, 0) is 12.0 Å². The van der Waals surface area contributed by atoms with E-state index in [4.69, 9.17) is 4.42 Å². The van der Waals surface area contributed by atoms with E-state index in [1.807, 2.05) is 24.3 Å². The van der Waals surface area contributed by atoms with Crippen LogP contribution in [0.5, 0.6) is 0 Å². The molecule has 1 N–H and O–H groups in total. The second-order valence-corrected chi connectivity index (χ2v) is 4.13. The first-order valence-corrected chi connectivity index (χ1v) is 5.49. The Morgan fingerprint density at radius 3 is 2.31 bits per heavy atom. The van der Waals surface area contributed by atoms with Crippen LogP contribution >= 0.6 is 0 Å². The summed E-state index contributed by atoms with van der Waals surface area (Å²) in [6.45, 7) is 3.89. The second kappa shape index (κ2) is 4.14. The maximum absolute atomic E-state index is 10.4. The van der Waals surface area contributed by atoms with Gasteiger partial charge in [0, 0.05) is 5.56 Å². The highest BCUT2D eigenvalue weighted by atomic mass is 16.3. The maximum atomic E-state index is 10.4. The van der Waals surface area contributed by atoms with Crippen molar-refractivity contribution in [1.82, 2.24) is 0 Å². The molecule has 0 aliphatic rings. The highest BCUT2D eigenvalue weighted by Crippen LogP contribution is 2.29. The first-order chi connectivity index (χ1) is 7.64. The van der Waals surface area contributed by atoms with Crippen molar-refractivity contribution in [1.29, 1.82) is 0 Å². The molecule has 2 rings (SSSR count). The van der Waals surface area contributed by atoms with Gasteiger partial charge in [0.2, 0.25) is 0 Å². The molecule has 0 bridgehead atoms. The molecule has 0 saturated carbocycles. The number of hydrogen-bond acceptors (Lipinski definition) is 2. The highest BCUT2D eigenvalue weighted by Gasteiger charge is 2.26. The Morgan fingerprint density at radius 2 is 1.81 bits per heavy atom. The lowest BCUT2D eigenvalue weighted by Gasteiger charge is -2.22. The van der Waals surface area contributed by atoms with Gasteiger partial charge in [0.15, 0.2) is 0 Å². The lowest BCUT2D eigenvalue weighted by molar-refractivity contribution is 0.101. The molecule has 16 heavy (non-hydrogen) atoms. The summed E-state index contributed by atoms with van der Waals surface area (Å²) < 4.78 is 5.01. The number of benzene rings is 1. The Hall–Kier alpha value is -1.54. The van der Waals surface area contributed by atoms with Crippen LogP contribution in [-0.4, -0.2) is 5.11 Å². The summed E-state index contributed by atoms with van der Waals surface area (Å²) in [7, 11) is 0. The third kappa shape index (κ3) is 1.89. The quantitative estimate of drug-likeness (QED) is 0.855. The average Bonchev–Trinajstić information content (AvgIpc) is 2.83. The molecule has 1 aromatic carbocycles. The Labute approximate surface area is 95.5 Å². The van der Waals surface area contributed by atoms with Crippen molar-refractivity contribution in [2.75, 3.05) is 0 Å². The largest absolute Gasteiger partial charge is 0.472 e. The fraction of sp³-hybridized carbons (Fsp3) is 0.286. The number of furan rings is 1. The van der Waals surface area contributed by atoms with Gasteiger partial charge in [-0.3, -0.25) is 0 Å². The molecule has 1 atom stereocenters. The third-order valence-corrected chi connectivity index (χ3v) is 3.01. The van der Waals surface area contributed by atoms with Gasteiger partial charge in [0.05, 0.1) is 12.5 Å². The standard InChI is InChI=1S/C14H16O2/c1-3-11-4-6-12(7-5-11)14(2,15)13-8-9-16-10-13/h4-10,15H,3H2,1-2H3. The van der Waals surface area contributed by atoms with Gasteiger partial charge in [-0.1, -0.05) is 31.2 Å². The van der Waals surface area contributed by atoms with Gasteiger partial charge in [-0.25, -0.2) is 0 Å². The van der Waals surface area contributed by atoms with Gasteiger partial charge in [0.1, 0.15) is 5.60 Å². The first-order valence-electron chi connectivity index (χ1n) is 5.49. The number of aryl methyl sites for hydroxylation is 1. The Morgan fingerprint density at radius 1 is 1.12 bits per heavy atom. The maximum Gasteiger partial charge on any atom is 0.115 e. The fourth-order valence-electron chi connectivity index (χ4n) is 1.77. The highest BCUT2D eigenvalue weighted by molar-refractivity contribution is 5.34. The minimum atomic E-state index is -0.987. The van der Waals surface area contributed by atoms with E-state index in [9.17, 15) is 5.11 Å². The molecule has 2 heteroatoms.